The van der Waals surface area contributed by atoms with Gasteiger partial charge in [0.1, 0.15) is 0 Å². The maximum Gasteiger partial charge on any atom is 0.276 e. The number of rotatable bonds is 3. The number of aromatic nitrogens is 1. The minimum Gasteiger partial charge on any atom is -0.388 e. The van der Waals surface area contributed by atoms with E-state index in [0.29, 0.717) is 18.0 Å². The first-order valence-corrected chi connectivity index (χ1v) is 7.73. The van der Waals surface area contributed by atoms with Crippen LogP contribution in [0.5, 0.6) is 0 Å². The van der Waals surface area contributed by atoms with Crippen LogP contribution in [-0.4, -0.2) is 39.3 Å². The molecule has 1 aliphatic heterocycles. The van der Waals surface area contributed by atoms with Gasteiger partial charge in [0.25, 0.3) is 5.91 Å². The minimum atomic E-state index is -0.668. The first-order valence-electron chi connectivity index (χ1n) is 7.73. The van der Waals surface area contributed by atoms with Crippen molar-refractivity contribution in [3.8, 4) is 11.3 Å². The summed E-state index contributed by atoms with van der Waals surface area (Å²) in [6.45, 7) is 0.680. The van der Waals surface area contributed by atoms with Crippen molar-refractivity contribution in [3.63, 3.8) is 0 Å². The predicted octanol–water partition coefficient (Wildman–Crippen LogP) is 2.47. The first-order chi connectivity index (χ1) is 10.7. The molecule has 1 amide bonds. The molecule has 1 aromatic carbocycles. The Bertz CT molecular complexity index is 691. The molecule has 22 heavy (non-hydrogen) atoms. The van der Waals surface area contributed by atoms with E-state index < -0.39 is 5.60 Å². The lowest BCUT2D eigenvalue weighted by Gasteiger charge is -2.27. The van der Waals surface area contributed by atoms with E-state index in [0.717, 1.165) is 31.2 Å². The number of hydrogen-bond acceptors (Lipinski definition) is 4. The largest absolute Gasteiger partial charge is 0.388 e. The summed E-state index contributed by atoms with van der Waals surface area (Å²) in [7, 11) is 0. The second kappa shape index (κ2) is 4.95. The van der Waals surface area contributed by atoms with Crippen molar-refractivity contribution in [1.82, 2.24) is 10.1 Å². The zero-order chi connectivity index (χ0) is 15.2. The van der Waals surface area contributed by atoms with Crippen molar-refractivity contribution in [3.05, 3.63) is 42.1 Å². The van der Waals surface area contributed by atoms with Gasteiger partial charge in [-0.3, -0.25) is 4.79 Å². The molecule has 2 aliphatic rings. The smallest absolute Gasteiger partial charge is 0.276 e. The number of benzene rings is 1. The summed E-state index contributed by atoms with van der Waals surface area (Å²) in [5, 5.41) is 14.3. The van der Waals surface area contributed by atoms with Crippen LogP contribution in [0.4, 0.5) is 0 Å². The van der Waals surface area contributed by atoms with E-state index >= 15 is 0 Å². The molecule has 1 aliphatic carbocycles. The fourth-order valence-corrected chi connectivity index (χ4v) is 3.29. The van der Waals surface area contributed by atoms with Crippen LogP contribution in [0, 0.1) is 0 Å². The minimum absolute atomic E-state index is 0.0723. The molecule has 1 aromatic heterocycles. The van der Waals surface area contributed by atoms with Gasteiger partial charge in [-0.05, 0) is 25.7 Å². The normalized spacial score (nSPS) is 22.8. The third-order valence-electron chi connectivity index (χ3n) is 4.68. The van der Waals surface area contributed by atoms with Crippen molar-refractivity contribution in [2.45, 2.75) is 37.3 Å². The van der Waals surface area contributed by atoms with Gasteiger partial charge in [-0.15, -0.1) is 0 Å². The highest BCUT2D eigenvalue weighted by molar-refractivity contribution is 5.93. The van der Waals surface area contributed by atoms with E-state index in [9.17, 15) is 9.90 Å². The molecule has 1 saturated heterocycles. The molecule has 0 radical (unpaired) electrons. The van der Waals surface area contributed by atoms with E-state index in [2.05, 4.69) is 5.16 Å². The number of hydrogen-bond donors (Lipinski definition) is 1. The molecule has 1 N–H and O–H groups in total. The highest BCUT2D eigenvalue weighted by Gasteiger charge is 2.52. The molecule has 0 bridgehead atoms. The van der Waals surface area contributed by atoms with Gasteiger partial charge < -0.3 is 14.5 Å². The van der Waals surface area contributed by atoms with Crippen molar-refractivity contribution >= 4 is 5.91 Å². The molecule has 114 valence electrons. The highest BCUT2D eigenvalue weighted by atomic mass is 16.5. The van der Waals surface area contributed by atoms with Crippen molar-refractivity contribution in [1.29, 1.82) is 0 Å². The lowest BCUT2D eigenvalue weighted by atomic mass is 10.1. The molecule has 5 heteroatoms. The quantitative estimate of drug-likeness (QED) is 0.945. The van der Waals surface area contributed by atoms with E-state index in [1.54, 1.807) is 11.0 Å². The molecule has 0 spiro atoms. The second-order valence-corrected chi connectivity index (χ2v) is 6.20. The molecular weight excluding hydrogens is 280 g/mol. The van der Waals surface area contributed by atoms with Gasteiger partial charge in [0.05, 0.1) is 11.6 Å². The highest BCUT2D eigenvalue weighted by Crippen LogP contribution is 2.44. The van der Waals surface area contributed by atoms with Crippen LogP contribution >= 0.6 is 0 Å². The summed E-state index contributed by atoms with van der Waals surface area (Å²) in [5.74, 6) is 0.443. The molecule has 1 saturated carbocycles. The zero-order valence-corrected chi connectivity index (χ0v) is 12.2. The Kier molecular flexibility index (Phi) is 3.04. The van der Waals surface area contributed by atoms with Gasteiger partial charge in [-0.1, -0.05) is 35.5 Å². The standard InChI is InChI=1S/C17H18N2O3/c20-16(19-10-4-7-15(19)17(21)8-9-17)13-11-14(22-18-13)12-5-2-1-3-6-12/h1-3,5-6,11,15,21H,4,7-10H2. The van der Waals surface area contributed by atoms with Gasteiger partial charge in [-0.2, -0.15) is 0 Å². The summed E-state index contributed by atoms with van der Waals surface area (Å²) in [4.78, 5) is 14.4. The molecule has 4 rings (SSSR count). The molecule has 5 nitrogen and oxygen atoms in total. The van der Waals surface area contributed by atoms with E-state index in [1.165, 1.54) is 0 Å². The summed E-state index contributed by atoms with van der Waals surface area (Å²) < 4.78 is 5.31. The Morgan fingerprint density at radius 1 is 1.32 bits per heavy atom. The SMILES string of the molecule is O=C(c1cc(-c2ccccc2)on1)N1CCCC1C1(O)CC1. The number of likely N-dealkylation sites (tertiary alicyclic amines) is 1. The van der Waals surface area contributed by atoms with Crippen LogP contribution in [0.3, 0.4) is 0 Å². The number of nitrogens with zero attached hydrogens (tertiary/aromatic N) is 2. The van der Waals surface area contributed by atoms with E-state index in [-0.39, 0.29) is 11.9 Å². The van der Waals surface area contributed by atoms with Crippen LogP contribution in [0.15, 0.2) is 40.9 Å². The van der Waals surface area contributed by atoms with Crippen LogP contribution in [0.25, 0.3) is 11.3 Å². The summed E-state index contributed by atoms with van der Waals surface area (Å²) in [5.41, 5.74) is 0.542. The third-order valence-corrected chi connectivity index (χ3v) is 4.68. The average molecular weight is 298 g/mol. The number of carbonyl (C=O) groups excluding carboxylic acids is 1. The van der Waals surface area contributed by atoms with E-state index in [1.807, 2.05) is 30.3 Å². The molecule has 1 atom stereocenters. The maximum absolute atomic E-state index is 12.7. The van der Waals surface area contributed by atoms with Crippen LogP contribution in [-0.2, 0) is 0 Å². The lowest BCUT2D eigenvalue weighted by Crippen LogP contribution is -2.44. The Labute approximate surface area is 128 Å². The van der Waals surface area contributed by atoms with Crippen LogP contribution < -0.4 is 0 Å². The molecule has 2 fully saturated rings. The molecule has 2 heterocycles. The predicted molar refractivity (Wildman–Crippen MR) is 80.2 cm³/mol. The number of amides is 1. The van der Waals surface area contributed by atoms with Crippen LogP contribution in [0.2, 0.25) is 0 Å². The van der Waals surface area contributed by atoms with Crippen molar-refractivity contribution in [2.75, 3.05) is 6.54 Å². The number of carbonyl (C=O) groups is 1. The average Bonchev–Trinajstić information content (AvgIpc) is 3.03. The third kappa shape index (κ3) is 2.22. The van der Waals surface area contributed by atoms with Gasteiger partial charge >= 0.3 is 0 Å². The van der Waals surface area contributed by atoms with E-state index in [4.69, 9.17) is 4.52 Å². The summed E-state index contributed by atoms with van der Waals surface area (Å²) >= 11 is 0. The maximum atomic E-state index is 12.7. The van der Waals surface area contributed by atoms with Gasteiger partial charge in [0.15, 0.2) is 11.5 Å². The molecule has 1 unspecified atom stereocenters. The van der Waals surface area contributed by atoms with Gasteiger partial charge in [-0.25, -0.2) is 0 Å². The molecular formula is C17H18N2O3. The monoisotopic (exact) mass is 298 g/mol. The fourth-order valence-electron chi connectivity index (χ4n) is 3.29. The van der Waals surface area contributed by atoms with Crippen molar-refractivity contribution in [2.24, 2.45) is 0 Å². The second-order valence-electron chi connectivity index (χ2n) is 6.20. The van der Waals surface area contributed by atoms with Crippen LogP contribution in [0.1, 0.15) is 36.2 Å². The number of aliphatic hydroxyl groups is 1. The van der Waals surface area contributed by atoms with Gasteiger partial charge in [0.2, 0.25) is 0 Å². The summed E-state index contributed by atoms with van der Waals surface area (Å²) in [6.07, 6.45) is 3.37. The molecule has 2 aromatic rings. The Morgan fingerprint density at radius 2 is 2.09 bits per heavy atom. The Morgan fingerprint density at radius 3 is 2.82 bits per heavy atom. The Balaban J connectivity index is 1.57. The summed E-state index contributed by atoms with van der Waals surface area (Å²) in [6, 6.07) is 11.2. The van der Waals surface area contributed by atoms with Crippen molar-refractivity contribution < 1.29 is 14.4 Å². The zero-order valence-electron chi connectivity index (χ0n) is 12.2. The topological polar surface area (TPSA) is 66.6 Å². The lowest BCUT2D eigenvalue weighted by molar-refractivity contribution is 0.0379. The van der Waals surface area contributed by atoms with Gasteiger partial charge in [0, 0.05) is 18.2 Å². The first kappa shape index (κ1) is 13.5. The Hall–Kier alpha value is -2.14. The fraction of sp³-hybridized carbons (Fsp3) is 0.412.